The van der Waals surface area contributed by atoms with Gasteiger partial charge in [-0.1, -0.05) is 24.8 Å². The second-order valence-corrected chi connectivity index (χ2v) is 8.40. The highest BCUT2D eigenvalue weighted by Gasteiger charge is 2.17. The molecule has 184 valence electrons. The second-order valence-electron chi connectivity index (χ2n) is 8.40. The molecule has 1 aliphatic heterocycles. The minimum Gasteiger partial charge on any atom is -0.365 e. The number of anilines is 3. The molecule has 3 heterocycles. The van der Waals surface area contributed by atoms with Gasteiger partial charge < -0.3 is 20.4 Å². The van der Waals surface area contributed by atoms with Gasteiger partial charge in [0.05, 0.1) is 29.5 Å². The molecule has 0 atom stereocenters. The Morgan fingerprint density at radius 1 is 1.17 bits per heavy atom. The van der Waals surface area contributed by atoms with E-state index in [9.17, 15) is 4.79 Å². The van der Waals surface area contributed by atoms with Crippen LogP contribution in [0.4, 0.5) is 17.2 Å². The third-order valence-corrected chi connectivity index (χ3v) is 5.90. The summed E-state index contributed by atoms with van der Waals surface area (Å²) in [5.74, 6) is 0.689. The average Bonchev–Trinajstić information content (AvgIpc) is 2.90. The first kappa shape index (κ1) is 24.7. The van der Waals surface area contributed by atoms with Gasteiger partial charge in [0.25, 0.3) is 0 Å². The van der Waals surface area contributed by atoms with Crippen molar-refractivity contribution in [1.29, 1.82) is 0 Å². The molecule has 2 aromatic heterocycles. The van der Waals surface area contributed by atoms with Gasteiger partial charge in [0.1, 0.15) is 12.5 Å². The molecular formula is C27H30N8O. The fourth-order valence-corrected chi connectivity index (χ4v) is 3.95. The van der Waals surface area contributed by atoms with Crippen molar-refractivity contribution in [2.24, 2.45) is 9.98 Å². The Hall–Kier alpha value is -4.37. The highest BCUT2D eigenvalue weighted by atomic mass is 16.1. The van der Waals surface area contributed by atoms with Crippen LogP contribution in [0.1, 0.15) is 5.56 Å². The number of carbonyl (C=O) groups excluding carboxylic acids is 1. The maximum atomic E-state index is 11.7. The largest absolute Gasteiger partial charge is 0.365 e. The number of piperazine rings is 1. The number of allylic oxidation sites excluding steroid dienone is 5. The van der Waals surface area contributed by atoms with E-state index in [1.807, 2.05) is 42.6 Å². The molecular weight excluding hydrogens is 452 g/mol. The van der Waals surface area contributed by atoms with Crippen LogP contribution in [0.5, 0.6) is 0 Å². The maximum Gasteiger partial charge on any atom is 0.247 e. The van der Waals surface area contributed by atoms with Crippen molar-refractivity contribution in [2.45, 2.75) is 0 Å². The monoisotopic (exact) mass is 482 g/mol. The lowest BCUT2D eigenvalue weighted by molar-refractivity contribution is -0.111. The second kappa shape index (κ2) is 11.9. The molecule has 2 aliphatic rings. The summed E-state index contributed by atoms with van der Waals surface area (Å²) in [5.41, 5.74) is 4.70. The van der Waals surface area contributed by atoms with E-state index in [4.69, 9.17) is 4.99 Å². The molecule has 1 saturated heterocycles. The van der Waals surface area contributed by atoms with Crippen LogP contribution in [0, 0.1) is 0 Å². The molecule has 9 heteroatoms. The Morgan fingerprint density at radius 3 is 2.72 bits per heavy atom. The Bertz CT molecular complexity index is 1230. The number of hydrogen-bond acceptors (Lipinski definition) is 8. The molecule has 2 aromatic rings. The van der Waals surface area contributed by atoms with E-state index >= 15 is 0 Å². The molecule has 0 saturated carbocycles. The number of amides is 1. The van der Waals surface area contributed by atoms with E-state index in [0.717, 1.165) is 60.1 Å². The van der Waals surface area contributed by atoms with Crippen molar-refractivity contribution in [2.75, 3.05) is 55.4 Å². The van der Waals surface area contributed by atoms with Crippen LogP contribution in [0.25, 0.3) is 5.57 Å². The molecule has 1 amide bonds. The zero-order chi connectivity index (χ0) is 25.3. The van der Waals surface area contributed by atoms with Gasteiger partial charge in [-0.25, -0.2) is 4.98 Å². The summed E-state index contributed by atoms with van der Waals surface area (Å²) in [4.78, 5) is 34.0. The molecule has 0 radical (unpaired) electrons. The molecule has 0 spiro atoms. The average molecular weight is 483 g/mol. The summed E-state index contributed by atoms with van der Waals surface area (Å²) >= 11 is 0. The lowest BCUT2D eigenvalue weighted by Crippen LogP contribution is -2.44. The first-order valence-electron chi connectivity index (χ1n) is 11.7. The molecule has 4 rings (SSSR count). The lowest BCUT2D eigenvalue weighted by Gasteiger charge is -2.33. The van der Waals surface area contributed by atoms with Gasteiger partial charge >= 0.3 is 0 Å². The van der Waals surface area contributed by atoms with Crippen molar-refractivity contribution < 1.29 is 4.79 Å². The van der Waals surface area contributed by atoms with Crippen LogP contribution in [-0.2, 0) is 4.79 Å². The van der Waals surface area contributed by atoms with E-state index in [0.29, 0.717) is 12.4 Å². The van der Waals surface area contributed by atoms with Gasteiger partial charge in [-0.3, -0.25) is 19.8 Å². The van der Waals surface area contributed by atoms with Gasteiger partial charge in [-0.05, 0) is 38.0 Å². The lowest BCUT2D eigenvalue weighted by atomic mass is 9.93. The first-order valence-corrected chi connectivity index (χ1v) is 11.7. The Labute approximate surface area is 211 Å². The van der Waals surface area contributed by atoms with Crippen LogP contribution in [0.2, 0.25) is 0 Å². The third kappa shape index (κ3) is 6.19. The minimum absolute atomic E-state index is 0.298. The standard InChI is InChI=1S/C27H30N8O/c1-4-26(36)33-23-14-21(16-29-17-23)24-7-5-6-20(15-28-2)27(24)32-19-31-22-8-9-25(30-18-22)35-12-10-34(3)11-13-35/h4-9,14-18,31H,1-2,10-13,19H2,3H3,(H,33,36)/b20-15-,32-27+. The number of hydrogen-bond donors (Lipinski definition) is 2. The van der Waals surface area contributed by atoms with Crippen LogP contribution in [-0.4, -0.2) is 73.1 Å². The first-order chi connectivity index (χ1) is 17.6. The van der Waals surface area contributed by atoms with Crippen LogP contribution in [0.15, 0.2) is 89.4 Å². The summed E-state index contributed by atoms with van der Waals surface area (Å²) < 4.78 is 0. The van der Waals surface area contributed by atoms with Crippen molar-refractivity contribution >= 4 is 41.1 Å². The molecule has 1 fully saturated rings. The SMILES string of the molecule is C=CC(=O)Nc1cncc(C2=CC=CC(=C/N=C)/C2=N\CNc2ccc(N3CCN(C)CC3)nc2)c1. The van der Waals surface area contributed by atoms with E-state index in [1.54, 1.807) is 18.6 Å². The highest BCUT2D eigenvalue weighted by molar-refractivity contribution is 6.34. The Kier molecular flexibility index (Phi) is 8.15. The highest BCUT2D eigenvalue weighted by Crippen LogP contribution is 2.26. The summed E-state index contributed by atoms with van der Waals surface area (Å²) in [6, 6.07) is 5.91. The van der Waals surface area contributed by atoms with E-state index in [1.165, 1.54) is 6.08 Å². The van der Waals surface area contributed by atoms with Crippen LogP contribution >= 0.6 is 0 Å². The quantitative estimate of drug-likeness (QED) is 0.442. The summed E-state index contributed by atoms with van der Waals surface area (Å²) in [6.07, 6.45) is 13.9. The molecule has 0 bridgehead atoms. The molecule has 36 heavy (non-hydrogen) atoms. The topological polar surface area (TPSA) is 98.1 Å². The van der Waals surface area contributed by atoms with E-state index in [2.05, 4.69) is 55.7 Å². The fourth-order valence-electron chi connectivity index (χ4n) is 3.95. The van der Waals surface area contributed by atoms with Gasteiger partial charge in [0, 0.05) is 55.3 Å². The molecule has 2 N–H and O–H groups in total. The van der Waals surface area contributed by atoms with E-state index < -0.39 is 0 Å². The number of rotatable bonds is 8. The predicted octanol–water partition coefficient (Wildman–Crippen LogP) is 3.40. The normalized spacial score (nSPS) is 18.1. The van der Waals surface area contributed by atoms with E-state index in [-0.39, 0.29) is 5.91 Å². The molecule has 9 nitrogen and oxygen atoms in total. The van der Waals surface area contributed by atoms with Gasteiger partial charge in [0.15, 0.2) is 0 Å². The Balaban J connectivity index is 1.49. The summed E-state index contributed by atoms with van der Waals surface area (Å²) in [6.45, 7) is 11.5. The smallest absolute Gasteiger partial charge is 0.247 e. The fraction of sp³-hybridized carbons (Fsp3) is 0.222. The van der Waals surface area contributed by atoms with Crippen LogP contribution < -0.4 is 15.5 Å². The third-order valence-electron chi connectivity index (χ3n) is 5.90. The van der Waals surface area contributed by atoms with Crippen molar-refractivity contribution in [1.82, 2.24) is 14.9 Å². The summed E-state index contributed by atoms with van der Waals surface area (Å²) in [5, 5.41) is 6.07. The number of aliphatic imine (C=N–C) groups is 2. The zero-order valence-electron chi connectivity index (χ0n) is 20.4. The van der Waals surface area contributed by atoms with Crippen molar-refractivity contribution in [3.63, 3.8) is 0 Å². The van der Waals surface area contributed by atoms with Gasteiger partial charge in [-0.15, -0.1) is 0 Å². The minimum atomic E-state index is -0.298. The molecule has 0 aromatic carbocycles. The summed E-state index contributed by atoms with van der Waals surface area (Å²) in [7, 11) is 2.14. The van der Waals surface area contributed by atoms with Crippen LogP contribution in [0.3, 0.4) is 0 Å². The number of nitrogens with zero attached hydrogens (tertiary/aromatic N) is 6. The Morgan fingerprint density at radius 2 is 2.00 bits per heavy atom. The number of pyridine rings is 2. The number of carbonyl (C=O) groups is 1. The number of likely N-dealkylation sites (N-methyl/N-ethyl adjacent to an activating group) is 1. The van der Waals surface area contributed by atoms with Crippen molar-refractivity contribution in [3.05, 3.63) is 85.0 Å². The molecule has 1 aliphatic carbocycles. The maximum absolute atomic E-state index is 11.7. The van der Waals surface area contributed by atoms with Gasteiger partial charge in [-0.2, -0.15) is 0 Å². The predicted molar refractivity (Wildman–Crippen MR) is 148 cm³/mol. The van der Waals surface area contributed by atoms with Crippen molar-refractivity contribution in [3.8, 4) is 0 Å². The van der Waals surface area contributed by atoms with Gasteiger partial charge in [0.2, 0.25) is 5.91 Å². The number of aromatic nitrogens is 2. The molecule has 0 unspecified atom stereocenters. The zero-order valence-corrected chi connectivity index (χ0v) is 20.4. The number of nitrogens with one attached hydrogen (secondary N) is 2.